The maximum Gasteiger partial charge on any atom is 0.168 e. The van der Waals surface area contributed by atoms with Crippen LogP contribution in [0.1, 0.15) is 13.3 Å². The van der Waals surface area contributed by atoms with E-state index in [1.807, 2.05) is 0 Å². The van der Waals surface area contributed by atoms with Gasteiger partial charge in [0.1, 0.15) is 5.25 Å². The van der Waals surface area contributed by atoms with Gasteiger partial charge in [-0.3, -0.25) is 0 Å². The van der Waals surface area contributed by atoms with Crippen molar-refractivity contribution in [3.63, 3.8) is 0 Å². The number of sulfone groups is 1. The van der Waals surface area contributed by atoms with Gasteiger partial charge in [0, 0.05) is 7.11 Å². The highest BCUT2D eigenvalue weighted by atomic mass is 32.2. The van der Waals surface area contributed by atoms with E-state index in [1.54, 1.807) is 13.0 Å². The Labute approximate surface area is 73.1 Å². The van der Waals surface area contributed by atoms with Crippen molar-refractivity contribution in [1.82, 2.24) is 0 Å². The molecule has 0 spiro atoms. The smallest absolute Gasteiger partial charge is 0.168 e. The minimum atomic E-state index is -3.27. The van der Waals surface area contributed by atoms with E-state index in [0.29, 0.717) is 6.42 Å². The zero-order valence-corrected chi connectivity index (χ0v) is 8.10. The molecule has 0 aliphatic rings. The summed E-state index contributed by atoms with van der Waals surface area (Å²) in [7, 11) is -1.84. The summed E-state index contributed by atoms with van der Waals surface area (Å²) in [4.78, 5) is 0. The molecule has 0 aromatic carbocycles. The van der Waals surface area contributed by atoms with Gasteiger partial charge in [-0.25, -0.2) is 8.42 Å². The lowest BCUT2D eigenvalue weighted by atomic mass is 10.4. The van der Waals surface area contributed by atoms with Crippen LogP contribution >= 0.6 is 0 Å². The third kappa shape index (κ3) is 3.20. The zero-order valence-electron chi connectivity index (χ0n) is 7.28. The van der Waals surface area contributed by atoms with Crippen LogP contribution in [0, 0.1) is 11.3 Å². The lowest BCUT2D eigenvalue weighted by Crippen LogP contribution is -2.23. The largest absolute Gasteiger partial charge is 0.384 e. The molecule has 0 aliphatic heterocycles. The fourth-order valence-electron chi connectivity index (χ4n) is 0.767. The second kappa shape index (κ2) is 5.12. The minimum Gasteiger partial charge on any atom is -0.384 e. The van der Waals surface area contributed by atoms with Gasteiger partial charge in [0.15, 0.2) is 9.84 Å². The Morgan fingerprint density at radius 2 is 2.17 bits per heavy atom. The van der Waals surface area contributed by atoms with Crippen LogP contribution in [0.15, 0.2) is 0 Å². The molecule has 0 fully saturated rings. The summed E-state index contributed by atoms with van der Waals surface area (Å²) in [6.45, 7) is 1.83. The molecule has 0 radical (unpaired) electrons. The van der Waals surface area contributed by atoms with Gasteiger partial charge < -0.3 is 4.74 Å². The summed E-state index contributed by atoms with van der Waals surface area (Å²) in [5.41, 5.74) is 0. The van der Waals surface area contributed by atoms with Crippen molar-refractivity contribution in [3.8, 4) is 6.07 Å². The topological polar surface area (TPSA) is 67.2 Å². The first-order valence-electron chi connectivity index (χ1n) is 3.68. The third-order valence-electron chi connectivity index (χ3n) is 1.52. The predicted octanol–water partition coefficient (Wildman–Crippen LogP) is 0.350. The SMILES string of the molecule is CCC(C#N)S(=O)(=O)CCOC. The van der Waals surface area contributed by atoms with E-state index in [2.05, 4.69) is 4.74 Å². The molecule has 0 N–H and O–H groups in total. The lowest BCUT2D eigenvalue weighted by molar-refractivity contribution is 0.217. The molecule has 0 amide bonds. The van der Waals surface area contributed by atoms with E-state index < -0.39 is 15.1 Å². The molecule has 4 nitrogen and oxygen atoms in total. The number of ether oxygens (including phenoxy) is 1. The number of nitrogens with zero attached hydrogens (tertiary/aromatic N) is 1. The summed E-state index contributed by atoms with van der Waals surface area (Å²) >= 11 is 0. The van der Waals surface area contributed by atoms with Gasteiger partial charge in [-0.05, 0) is 6.42 Å². The highest BCUT2D eigenvalue weighted by Crippen LogP contribution is 2.05. The zero-order chi connectivity index (χ0) is 9.61. The molecule has 0 rings (SSSR count). The Balaban J connectivity index is 4.30. The van der Waals surface area contributed by atoms with Crippen molar-refractivity contribution in [2.45, 2.75) is 18.6 Å². The lowest BCUT2D eigenvalue weighted by Gasteiger charge is -2.06. The molecule has 0 heterocycles. The summed E-state index contributed by atoms with van der Waals surface area (Å²) in [5, 5.41) is 7.61. The van der Waals surface area contributed by atoms with E-state index in [9.17, 15) is 8.42 Å². The first kappa shape index (κ1) is 11.4. The van der Waals surface area contributed by atoms with Crippen molar-refractivity contribution in [2.24, 2.45) is 0 Å². The highest BCUT2D eigenvalue weighted by molar-refractivity contribution is 7.92. The minimum absolute atomic E-state index is 0.0738. The normalized spacial score (nSPS) is 13.8. The van der Waals surface area contributed by atoms with Crippen LogP contribution in [0.25, 0.3) is 0 Å². The molecule has 1 unspecified atom stereocenters. The molecule has 0 saturated heterocycles. The molecule has 0 aromatic rings. The molecule has 0 bridgehead atoms. The van der Waals surface area contributed by atoms with Crippen molar-refractivity contribution < 1.29 is 13.2 Å². The van der Waals surface area contributed by atoms with Crippen LogP contribution in [0.5, 0.6) is 0 Å². The summed E-state index contributed by atoms with van der Waals surface area (Å²) in [6.07, 6.45) is 0.336. The van der Waals surface area contributed by atoms with Gasteiger partial charge in [-0.1, -0.05) is 6.92 Å². The summed E-state index contributed by atoms with van der Waals surface area (Å²) in [5.74, 6) is -0.0738. The quantitative estimate of drug-likeness (QED) is 0.629. The molecule has 1 atom stereocenters. The Morgan fingerprint density at radius 1 is 1.58 bits per heavy atom. The van der Waals surface area contributed by atoms with Crippen LogP contribution in [0.4, 0.5) is 0 Å². The Bertz CT molecular complexity index is 252. The molecule has 5 heteroatoms. The van der Waals surface area contributed by atoms with E-state index in [4.69, 9.17) is 5.26 Å². The molecule has 12 heavy (non-hydrogen) atoms. The van der Waals surface area contributed by atoms with Crippen LogP contribution in [0.3, 0.4) is 0 Å². The summed E-state index contributed by atoms with van der Waals surface area (Å²) < 4.78 is 27.1. The average Bonchev–Trinajstić information content (AvgIpc) is 2.03. The Hall–Kier alpha value is -0.600. The van der Waals surface area contributed by atoms with Crippen molar-refractivity contribution in [2.75, 3.05) is 19.5 Å². The number of rotatable bonds is 5. The van der Waals surface area contributed by atoms with Crippen LogP contribution in [-0.2, 0) is 14.6 Å². The van der Waals surface area contributed by atoms with Gasteiger partial charge in [-0.15, -0.1) is 0 Å². The summed E-state index contributed by atoms with van der Waals surface area (Å²) in [6, 6.07) is 1.76. The van der Waals surface area contributed by atoms with Crippen LogP contribution in [-0.4, -0.2) is 33.1 Å². The predicted molar refractivity (Wildman–Crippen MR) is 45.4 cm³/mol. The fourth-order valence-corrected chi connectivity index (χ4v) is 2.12. The molecule has 70 valence electrons. The molecule has 0 aliphatic carbocycles. The highest BCUT2D eigenvalue weighted by Gasteiger charge is 2.22. The van der Waals surface area contributed by atoms with E-state index in [0.717, 1.165) is 0 Å². The van der Waals surface area contributed by atoms with Crippen molar-refractivity contribution in [1.29, 1.82) is 5.26 Å². The fraction of sp³-hybridized carbons (Fsp3) is 0.857. The number of hydrogen-bond acceptors (Lipinski definition) is 4. The molecular formula is C7H13NO3S. The van der Waals surface area contributed by atoms with Crippen LogP contribution < -0.4 is 0 Å². The first-order valence-corrected chi connectivity index (χ1v) is 5.40. The van der Waals surface area contributed by atoms with Gasteiger partial charge in [0.2, 0.25) is 0 Å². The van der Waals surface area contributed by atoms with Gasteiger partial charge >= 0.3 is 0 Å². The van der Waals surface area contributed by atoms with Crippen molar-refractivity contribution in [3.05, 3.63) is 0 Å². The molecule has 0 aromatic heterocycles. The Morgan fingerprint density at radius 3 is 2.50 bits per heavy atom. The third-order valence-corrected chi connectivity index (χ3v) is 3.56. The van der Waals surface area contributed by atoms with Gasteiger partial charge in [0.05, 0.1) is 18.4 Å². The number of nitriles is 1. The first-order chi connectivity index (χ1) is 5.58. The second-order valence-corrected chi connectivity index (χ2v) is 4.69. The van der Waals surface area contributed by atoms with E-state index in [1.165, 1.54) is 7.11 Å². The van der Waals surface area contributed by atoms with Crippen molar-refractivity contribution >= 4 is 9.84 Å². The maximum atomic E-state index is 11.2. The second-order valence-electron chi connectivity index (χ2n) is 2.39. The van der Waals surface area contributed by atoms with Gasteiger partial charge in [0.25, 0.3) is 0 Å². The average molecular weight is 191 g/mol. The molecule has 0 saturated carbocycles. The standard InChI is InChI=1S/C7H13NO3S/c1-3-7(6-8)12(9,10)5-4-11-2/h7H,3-5H2,1-2H3. The van der Waals surface area contributed by atoms with Crippen LogP contribution in [0.2, 0.25) is 0 Å². The van der Waals surface area contributed by atoms with E-state index >= 15 is 0 Å². The Kier molecular flexibility index (Phi) is 4.86. The monoisotopic (exact) mass is 191 g/mol. The molecular weight excluding hydrogens is 178 g/mol. The van der Waals surface area contributed by atoms with Gasteiger partial charge in [-0.2, -0.15) is 5.26 Å². The maximum absolute atomic E-state index is 11.2. The number of hydrogen-bond donors (Lipinski definition) is 0. The number of methoxy groups -OCH3 is 1. The van der Waals surface area contributed by atoms with E-state index in [-0.39, 0.29) is 12.4 Å².